The van der Waals surface area contributed by atoms with Crippen molar-refractivity contribution in [2.45, 2.75) is 25.7 Å². The molecule has 1 aromatic heterocycles. The number of aromatic amines is 1. The lowest BCUT2D eigenvalue weighted by Gasteiger charge is -2.35. The minimum atomic E-state index is -0.277. The number of nitrogens with one attached hydrogen (secondary N) is 1. The monoisotopic (exact) mass is 495 g/mol. The van der Waals surface area contributed by atoms with E-state index < -0.39 is 0 Å². The first-order valence-corrected chi connectivity index (χ1v) is 13.2. The van der Waals surface area contributed by atoms with Crippen LogP contribution in [0.25, 0.3) is 17.0 Å². The second-order valence-electron chi connectivity index (χ2n) is 9.74. The summed E-state index contributed by atoms with van der Waals surface area (Å²) in [5.41, 5.74) is 5.43. The van der Waals surface area contributed by atoms with Gasteiger partial charge in [0.1, 0.15) is 5.82 Å². The third kappa shape index (κ3) is 5.83. The van der Waals surface area contributed by atoms with Gasteiger partial charge in [-0.1, -0.05) is 79.7 Å². The van der Waals surface area contributed by atoms with E-state index in [2.05, 4.69) is 59.3 Å². The van der Waals surface area contributed by atoms with Crippen LogP contribution in [0.4, 0.5) is 4.39 Å². The zero-order valence-electron chi connectivity index (χ0n) is 21.4. The number of hydrogen-bond donors (Lipinski definition) is 1. The Labute approximate surface area is 218 Å². The van der Waals surface area contributed by atoms with E-state index in [4.69, 9.17) is 0 Å². The topological polar surface area (TPSA) is 39.3 Å². The van der Waals surface area contributed by atoms with E-state index in [1.165, 1.54) is 17.2 Å². The molecule has 0 aliphatic carbocycles. The van der Waals surface area contributed by atoms with E-state index in [1.54, 1.807) is 12.1 Å². The quantitative estimate of drug-likeness (QED) is 0.314. The van der Waals surface area contributed by atoms with Gasteiger partial charge in [0.05, 0.1) is 0 Å². The second kappa shape index (κ2) is 11.6. The Morgan fingerprint density at radius 2 is 1.78 bits per heavy atom. The Morgan fingerprint density at radius 1 is 1.00 bits per heavy atom. The minimum Gasteiger partial charge on any atom is -0.361 e. The first-order chi connectivity index (χ1) is 18.1. The Morgan fingerprint density at radius 3 is 2.54 bits per heavy atom. The number of nitrogens with zero attached hydrogens (tertiary/aromatic N) is 2. The van der Waals surface area contributed by atoms with Gasteiger partial charge in [0.2, 0.25) is 5.91 Å². The van der Waals surface area contributed by atoms with Crippen LogP contribution in [-0.2, 0) is 11.2 Å². The molecule has 1 aliphatic heterocycles. The van der Waals surface area contributed by atoms with Gasteiger partial charge in [-0.15, -0.1) is 0 Å². The van der Waals surface area contributed by atoms with Crippen molar-refractivity contribution in [2.24, 2.45) is 0 Å². The first-order valence-electron chi connectivity index (χ1n) is 13.2. The molecule has 1 saturated heterocycles. The summed E-state index contributed by atoms with van der Waals surface area (Å²) in [4.78, 5) is 21.3. The molecule has 0 saturated carbocycles. The first kappa shape index (κ1) is 25.0. The molecule has 4 aromatic rings. The van der Waals surface area contributed by atoms with Crippen LogP contribution in [0.2, 0.25) is 0 Å². The standard InChI is InChI=1S/C32H34FN3O/c1-2-25-12-7-15-28-30(23-34-32(25)28)29(26-13-6-14-27(33)21-26)22-31(37)36-19-17-35(18-20-36)16-8-11-24-9-4-3-5-10-24/h3-15,21,23,29,34H,2,16-20,22H2,1H3/b11-8+. The third-order valence-electron chi connectivity index (χ3n) is 7.42. The minimum absolute atomic E-state index is 0.120. The lowest BCUT2D eigenvalue weighted by molar-refractivity contribution is -0.133. The van der Waals surface area contributed by atoms with Crippen molar-refractivity contribution in [2.75, 3.05) is 32.7 Å². The van der Waals surface area contributed by atoms with Crippen molar-refractivity contribution >= 4 is 22.9 Å². The molecule has 2 heterocycles. The van der Waals surface area contributed by atoms with E-state index in [0.717, 1.165) is 48.1 Å². The number of benzene rings is 3. The highest BCUT2D eigenvalue weighted by Crippen LogP contribution is 2.35. The van der Waals surface area contributed by atoms with Gasteiger partial charge in [-0.05, 0) is 40.8 Å². The molecule has 4 nitrogen and oxygen atoms in total. The largest absolute Gasteiger partial charge is 0.361 e. The Balaban J connectivity index is 1.29. The van der Waals surface area contributed by atoms with Gasteiger partial charge in [0, 0.05) is 62.2 Å². The van der Waals surface area contributed by atoms with Crippen molar-refractivity contribution in [1.82, 2.24) is 14.8 Å². The van der Waals surface area contributed by atoms with Gasteiger partial charge in [0.15, 0.2) is 0 Å². The van der Waals surface area contributed by atoms with E-state index >= 15 is 0 Å². The fraction of sp³-hybridized carbons (Fsp3) is 0.281. The summed E-state index contributed by atoms with van der Waals surface area (Å²) in [6, 6.07) is 23.3. The predicted octanol–water partition coefficient (Wildman–Crippen LogP) is 6.25. The smallest absolute Gasteiger partial charge is 0.223 e. The van der Waals surface area contributed by atoms with Crippen molar-refractivity contribution in [3.05, 3.63) is 113 Å². The number of carbonyl (C=O) groups excluding carboxylic acids is 1. The maximum Gasteiger partial charge on any atom is 0.223 e. The van der Waals surface area contributed by atoms with Crippen LogP contribution in [0.3, 0.4) is 0 Å². The van der Waals surface area contributed by atoms with Crippen LogP contribution in [0.1, 0.15) is 41.5 Å². The van der Waals surface area contributed by atoms with Crippen molar-refractivity contribution < 1.29 is 9.18 Å². The number of fused-ring (bicyclic) bond motifs is 1. The van der Waals surface area contributed by atoms with Crippen LogP contribution < -0.4 is 0 Å². The highest BCUT2D eigenvalue weighted by Gasteiger charge is 2.27. The molecule has 0 bridgehead atoms. The van der Waals surface area contributed by atoms with Gasteiger partial charge in [-0.2, -0.15) is 0 Å². The average Bonchev–Trinajstić information content (AvgIpc) is 3.37. The van der Waals surface area contributed by atoms with Crippen LogP contribution in [-0.4, -0.2) is 53.4 Å². The molecule has 3 aromatic carbocycles. The number of rotatable bonds is 8. The molecule has 1 atom stereocenters. The number of para-hydroxylation sites is 1. The molecule has 190 valence electrons. The lowest BCUT2D eigenvalue weighted by atomic mass is 9.87. The van der Waals surface area contributed by atoms with Gasteiger partial charge < -0.3 is 9.88 Å². The number of hydrogen-bond acceptors (Lipinski definition) is 2. The van der Waals surface area contributed by atoms with E-state index in [1.807, 2.05) is 35.4 Å². The van der Waals surface area contributed by atoms with E-state index in [0.29, 0.717) is 19.5 Å². The van der Waals surface area contributed by atoms with Crippen LogP contribution in [0.5, 0.6) is 0 Å². The molecule has 1 unspecified atom stereocenters. The lowest BCUT2D eigenvalue weighted by Crippen LogP contribution is -2.48. The number of H-pyrrole nitrogens is 1. The second-order valence-corrected chi connectivity index (χ2v) is 9.74. The Bertz CT molecular complexity index is 1370. The molecule has 0 spiro atoms. The summed E-state index contributed by atoms with van der Waals surface area (Å²) >= 11 is 0. The number of amides is 1. The fourth-order valence-corrected chi connectivity index (χ4v) is 5.34. The maximum absolute atomic E-state index is 14.2. The van der Waals surface area contributed by atoms with Crippen LogP contribution >= 0.6 is 0 Å². The number of carbonyl (C=O) groups is 1. The molecule has 1 aliphatic rings. The van der Waals surface area contributed by atoms with Gasteiger partial charge >= 0.3 is 0 Å². The molecule has 1 amide bonds. The van der Waals surface area contributed by atoms with E-state index in [9.17, 15) is 9.18 Å². The van der Waals surface area contributed by atoms with Crippen molar-refractivity contribution in [1.29, 1.82) is 0 Å². The molecular weight excluding hydrogens is 461 g/mol. The van der Waals surface area contributed by atoms with E-state index in [-0.39, 0.29) is 17.6 Å². The molecule has 0 radical (unpaired) electrons. The summed E-state index contributed by atoms with van der Waals surface area (Å²) in [5, 5.41) is 1.11. The van der Waals surface area contributed by atoms with Crippen LogP contribution in [0, 0.1) is 5.82 Å². The summed E-state index contributed by atoms with van der Waals surface area (Å²) in [5.74, 6) is -0.369. The predicted molar refractivity (Wildman–Crippen MR) is 149 cm³/mol. The molecule has 1 N–H and O–H groups in total. The summed E-state index contributed by atoms with van der Waals surface area (Å²) in [6.07, 6.45) is 7.58. The molecule has 37 heavy (non-hydrogen) atoms. The normalized spacial score (nSPS) is 15.5. The summed E-state index contributed by atoms with van der Waals surface area (Å²) in [7, 11) is 0. The molecule has 1 fully saturated rings. The number of piperazine rings is 1. The van der Waals surface area contributed by atoms with Gasteiger partial charge in [-0.25, -0.2) is 4.39 Å². The number of aromatic nitrogens is 1. The molecule has 5 rings (SSSR count). The van der Waals surface area contributed by atoms with Gasteiger partial charge in [-0.3, -0.25) is 9.69 Å². The number of aryl methyl sites for hydroxylation is 1. The highest BCUT2D eigenvalue weighted by molar-refractivity contribution is 5.88. The average molecular weight is 496 g/mol. The molecular formula is C32H34FN3O. The Kier molecular flexibility index (Phi) is 7.81. The highest BCUT2D eigenvalue weighted by atomic mass is 19.1. The van der Waals surface area contributed by atoms with Crippen molar-refractivity contribution in [3.8, 4) is 0 Å². The van der Waals surface area contributed by atoms with Crippen LogP contribution in [0.15, 0.2) is 85.1 Å². The summed E-state index contributed by atoms with van der Waals surface area (Å²) in [6.45, 7) is 6.13. The third-order valence-corrected chi connectivity index (χ3v) is 7.42. The zero-order chi connectivity index (χ0) is 25.6. The maximum atomic E-state index is 14.2. The Hall–Kier alpha value is -3.70. The molecule has 5 heteroatoms. The summed E-state index contributed by atoms with van der Waals surface area (Å²) < 4.78 is 14.2. The number of halogens is 1. The van der Waals surface area contributed by atoms with Gasteiger partial charge in [0.25, 0.3) is 0 Å². The van der Waals surface area contributed by atoms with Crippen molar-refractivity contribution in [3.63, 3.8) is 0 Å². The fourth-order valence-electron chi connectivity index (χ4n) is 5.34. The SMILES string of the molecule is CCc1cccc2c(C(CC(=O)N3CCN(C/C=C/c4ccccc4)CC3)c3cccc(F)c3)c[nH]c12. The zero-order valence-corrected chi connectivity index (χ0v) is 21.4.